The summed E-state index contributed by atoms with van der Waals surface area (Å²) in [5.74, 6) is 1.75. The van der Waals surface area contributed by atoms with Crippen LogP contribution in [0, 0.1) is 0 Å². The van der Waals surface area contributed by atoms with E-state index in [0.717, 1.165) is 39.1 Å². The van der Waals surface area contributed by atoms with Crippen molar-refractivity contribution < 1.29 is 5.11 Å². The number of fused-ring (bicyclic) bond motifs is 2. The highest BCUT2D eigenvalue weighted by atomic mass is 16.3. The number of aryl methyl sites for hydroxylation is 1. The predicted molar refractivity (Wildman–Crippen MR) is 100 cm³/mol. The molecule has 2 aromatic carbocycles. The molecule has 0 unspecified atom stereocenters. The van der Waals surface area contributed by atoms with Gasteiger partial charge in [-0.15, -0.1) is 0 Å². The van der Waals surface area contributed by atoms with Crippen molar-refractivity contribution in [3.63, 3.8) is 0 Å². The molecule has 0 saturated carbocycles. The van der Waals surface area contributed by atoms with E-state index in [1.807, 2.05) is 67.5 Å². The van der Waals surface area contributed by atoms with E-state index in [1.54, 1.807) is 0 Å². The summed E-state index contributed by atoms with van der Waals surface area (Å²) in [4.78, 5) is 11.5. The summed E-state index contributed by atoms with van der Waals surface area (Å²) in [5, 5.41) is 10.8. The third-order valence-electron chi connectivity index (χ3n) is 4.57. The molecule has 2 heterocycles. The molecular formula is C20H20N4O. The molecule has 0 radical (unpaired) electrons. The van der Waals surface area contributed by atoms with Gasteiger partial charge in [0.2, 0.25) is 0 Å². The number of para-hydroxylation sites is 3. The van der Waals surface area contributed by atoms with E-state index < -0.39 is 0 Å². The SMILES string of the molecule is CN(Cc1nc2ccccc2n1C)c1nc2ccccc2cc1CO. The fourth-order valence-electron chi connectivity index (χ4n) is 3.22. The molecule has 4 aromatic rings. The number of anilines is 1. The lowest BCUT2D eigenvalue weighted by Gasteiger charge is -2.21. The van der Waals surface area contributed by atoms with Crippen LogP contribution in [0.15, 0.2) is 54.6 Å². The van der Waals surface area contributed by atoms with Gasteiger partial charge in [0, 0.05) is 25.0 Å². The average Bonchev–Trinajstić information content (AvgIpc) is 2.96. The van der Waals surface area contributed by atoms with Crippen molar-refractivity contribution in [1.29, 1.82) is 0 Å². The molecule has 1 N–H and O–H groups in total. The van der Waals surface area contributed by atoms with Gasteiger partial charge in [0.15, 0.2) is 0 Å². The molecule has 5 heteroatoms. The van der Waals surface area contributed by atoms with Gasteiger partial charge in [-0.2, -0.15) is 0 Å². The Kier molecular flexibility index (Phi) is 3.86. The highest BCUT2D eigenvalue weighted by molar-refractivity contribution is 5.82. The molecule has 0 aliphatic rings. The topological polar surface area (TPSA) is 54.2 Å². The summed E-state index contributed by atoms with van der Waals surface area (Å²) in [6.45, 7) is 0.573. The Morgan fingerprint density at radius 2 is 1.72 bits per heavy atom. The molecule has 5 nitrogen and oxygen atoms in total. The van der Waals surface area contributed by atoms with Gasteiger partial charge >= 0.3 is 0 Å². The second-order valence-electron chi connectivity index (χ2n) is 6.25. The Morgan fingerprint density at radius 1 is 1.00 bits per heavy atom. The molecule has 25 heavy (non-hydrogen) atoms. The molecule has 0 aliphatic carbocycles. The zero-order valence-corrected chi connectivity index (χ0v) is 14.3. The normalized spacial score (nSPS) is 11.3. The molecule has 126 valence electrons. The third-order valence-corrected chi connectivity index (χ3v) is 4.57. The molecule has 0 amide bonds. The van der Waals surface area contributed by atoms with Crippen molar-refractivity contribution in [2.75, 3.05) is 11.9 Å². The van der Waals surface area contributed by atoms with Crippen LogP contribution in [0.1, 0.15) is 11.4 Å². The van der Waals surface area contributed by atoms with Crippen molar-refractivity contribution in [1.82, 2.24) is 14.5 Å². The number of aliphatic hydroxyl groups is 1. The second-order valence-corrected chi connectivity index (χ2v) is 6.25. The zero-order chi connectivity index (χ0) is 17.4. The quantitative estimate of drug-likeness (QED) is 0.623. The minimum atomic E-state index is -0.0416. The van der Waals surface area contributed by atoms with Crippen LogP contribution < -0.4 is 4.90 Å². The van der Waals surface area contributed by atoms with Gasteiger partial charge in [0.05, 0.1) is 29.7 Å². The molecule has 0 saturated heterocycles. The third kappa shape index (κ3) is 2.72. The first-order chi connectivity index (χ1) is 12.2. The van der Waals surface area contributed by atoms with Crippen LogP contribution in [0.2, 0.25) is 0 Å². The Morgan fingerprint density at radius 3 is 2.48 bits per heavy atom. The molecule has 0 atom stereocenters. The Hall–Kier alpha value is -2.92. The Labute approximate surface area is 146 Å². The number of imidazole rings is 1. The van der Waals surface area contributed by atoms with Crippen LogP contribution in [0.5, 0.6) is 0 Å². The van der Waals surface area contributed by atoms with E-state index >= 15 is 0 Å². The smallest absolute Gasteiger partial charge is 0.134 e. The minimum absolute atomic E-state index is 0.0416. The first kappa shape index (κ1) is 15.6. The van der Waals surface area contributed by atoms with Crippen molar-refractivity contribution in [2.24, 2.45) is 7.05 Å². The van der Waals surface area contributed by atoms with Crippen molar-refractivity contribution in [2.45, 2.75) is 13.2 Å². The summed E-state index contributed by atoms with van der Waals surface area (Å²) in [5.41, 5.74) is 3.84. The molecule has 2 aromatic heterocycles. The maximum atomic E-state index is 9.77. The van der Waals surface area contributed by atoms with E-state index in [9.17, 15) is 5.11 Å². The van der Waals surface area contributed by atoms with Crippen LogP contribution >= 0.6 is 0 Å². The lowest BCUT2D eigenvalue weighted by molar-refractivity contribution is 0.282. The Balaban J connectivity index is 1.73. The van der Waals surface area contributed by atoms with E-state index in [1.165, 1.54) is 0 Å². The lowest BCUT2D eigenvalue weighted by atomic mass is 10.1. The monoisotopic (exact) mass is 332 g/mol. The zero-order valence-electron chi connectivity index (χ0n) is 14.3. The molecule has 0 fully saturated rings. The summed E-state index contributed by atoms with van der Waals surface area (Å²) >= 11 is 0. The van der Waals surface area contributed by atoms with Gasteiger partial charge in [-0.1, -0.05) is 30.3 Å². The van der Waals surface area contributed by atoms with Gasteiger partial charge in [-0.3, -0.25) is 0 Å². The number of aliphatic hydroxyl groups excluding tert-OH is 1. The van der Waals surface area contributed by atoms with Gasteiger partial charge < -0.3 is 14.6 Å². The van der Waals surface area contributed by atoms with E-state index in [-0.39, 0.29) is 6.61 Å². The summed E-state index contributed by atoms with van der Waals surface area (Å²) in [6.07, 6.45) is 0. The molecule has 0 aliphatic heterocycles. The van der Waals surface area contributed by atoms with E-state index in [4.69, 9.17) is 9.97 Å². The van der Waals surface area contributed by atoms with Gasteiger partial charge in [0.1, 0.15) is 11.6 Å². The fourth-order valence-corrected chi connectivity index (χ4v) is 3.22. The maximum Gasteiger partial charge on any atom is 0.134 e. The number of aromatic nitrogens is 3. The number of pyridine rings is 1. The standard InChI is InChI=1S/C20H20N4O/c1-23(12-19-21-17-9-5-6-10-18(17)24(19)2)20-15(13-25)11-14-7-3-4-8-16(14)22-20/h3-11,25H,12-13H2,1-2H3. The number of benzene rings is 2. The van der Waals surface area contributed by atoms with Crippen LogP contribution in [0.4, 0.5) is 5.82 Å². The van der Waals surface area contributed by atoms with Crippen LogP contribution in [-0.4, -0.2) is 26.7 Å². The van der Waals surface area contributed by atoms with E-state index in [2.05, 4.69) is 10.6 Å². The number of hydrogen-bond acceptors (Lipinski definition) is 4. The Bertz CT molecular complexity index is 1050. The lowest BCUT2D eigenvalue weighted by Crippen LogP contribution is -2.21. The number of rotatable bonds is 4. The maximum absolute atomic E-state index is 9.77. The van der Waals surface area contributed by atoms with Gasteiger partial charge in [-0.25, -0.2) is 9.97 Å². The number of hydrogen-bond donors (Lipinski definition) is 1. The largest absolute Gasteiger partial charge is 0.392 e. The van der Waals surface area contributed by atoms with Gasteiger partial charge in [0.25, 0.3) is 0 Å². The molecule has 0 spiro atoms. The van der Waals surface area contributed by atoms with Crippen molar-refractivity contribution >= 4 is 27.8 Å². The minimum Gasteiger partial charge on any atom is -0.392 e. The fraction of sp³-hybridized carbons (Fsp3) is 0.200. The second kappa shape index (κ2) is 6.18. The highest BCUT2D eigenvalue weighted by Crippen LogP contribution is 2.24. The van der Waals surface area contributed by atoms with Crippen molar-refractivity contribution in [3.05, 3.63) is 66.0 Å². The van der Waals surface area contributed by atoms with Crippen LogP contribution in [0.3, 0.4) is 0 Å². The van der Waals surface area contributed by atoms with E-state index in [0.29, 0.717) is 6.54 Å². The molecular weight excluding hydrogens is 312 g/mol. The average molecular weight is 332 g/mol. The molecule has 4 rings (SSSR count). The summed E-state index contributed by atoms with van der Waals surface area (Å²) < 4.78 is 2.10. The summed E-state index contributed by atoms with van der Waals surface area (Å²) in [6, 6.07) is 18.1. The van der Waals surface area contributed by atoms with Gasteiger partial charge in [-0.05, 0) is 24.3 Å². The van der Waals surface area contributed by atoms with Crippen LogP contribution in [0.25, 0.3) is 21.9 Å². The summed E-state index contributed by atoms with van der Waals surface area (Å²) in [7, 11) is 4.01. The highest BCUT2D eigenvalue weighted by Gasteiger charge is 2.14. The molecule has 0 bridgehead atoms. The predicted octanol–water partition coefficient (Wildman–Crippen LogP) is 3.25. The van der Waals surface area contributed by atoms with Crippen molar-refractivity contribution in [3.8, 4) is 0 Å². The first-order valence-corrected chi connectivity index (χ1v) is 8.28. The first-order valence-electron chi connectivity index (χ1n) is 8.28. The van der Waals surface area contributed by atoms with Crippen LogP contribution in [-0.2, 0) is 20.2 Å². The number of nitrogens with zero attached hydrogens (tertiary/aromatic N) is 4.